The Hall–Kier alpha value is -3.15. The Labute approximate surface area is 165 Å². The van der Waals surface area contributed by atoms with Gasteiger partial charge in [-0.05, 0) is 55.8 Å². The highest BCUT2D eigenvalue weighted by Crippen LogP contribution is 2.13. The van der Waals surface area contributed by atoms with E-state index in [-0.39, 0.29) is 11.8 Å². The number of hydrogen-bond donors (Lipinski definition) is 2. The highest BCUT2D eigenvalue weighted by molar-refractivity contribution is 6.06. The number of benzene rings is 2. The van der Waals surface area contributed by atoms with Crippen LogP contribution in [0.2, 0.25) is 0 Å². The second-order valence-electron chi connectivity index (χ2n) is 6.30. The number of carbonyl (C=O) groups excluding carboxylic acids is 3. The van der Waals surface area contributed by atoms with Crippen molar-refractivity contribution < 1.29 is 19.1 Å². The van der Waals surface area contributed by atoms with Crippen LogP contribution in [0.3, 0.4) is 0 Å². The van der Waals surface area contributed by atoms with Gasteiger partial charge in [-0.1, -0.05) is 25.8 Å². The summed E-state index contributed by atoms with van der Waals surface area (Å²) in [6.07, 6.45) is 3.09. The Balaban J connectivity index is 1.98. The van der Waals surface area contributed by atoms with E-state index < -0.39 is 5.97 Å². The minimum atomic E-state index is -0.405. The van der Waals surface area contributed by atoms with Gasteiger partial charge in [-0.15, -0.1) is 0 Å². The molecule has 0 aliphatic rings. The lowest BCUT2D eigenvalue weighted by molar-refractivity contribution is 0.0526. The number of rotatable bonds is 9. The predicted octanol–water partition coefficient (Wildman–Crippen LogP) is 4.04. The van der Waals surface area contributed by atoms with Crippen molar-refractivity contribution in [3.05, 3.63) is 65.2 Å². The van der Waals surface area contributed by atoms with E-state index in [0.29, 0.717) is 35.5 Å². The van der Waals surface area contributed by atoms with Gasteiger partial charge >= 0.3 is 5.97 Å². The molecule has 0 bridgehead atoms. The molecule has 0 spiro atoms. The molecule has 6 heteroatoms. The largest absolute Gasteiger partial charge is 0.462 e. The van der Waals surface area contributed by atoms with Crippen LogP contribution in [0.5, 0.6) is 0 Å². The van der Waals surface area contributed by atoms with Gasteiger partial charge in [-0.25, -0.2) is 4.79 Å². The first-order valence-corrected chi connectivity index (χ1v) is 9.52. The van der Waals surface area contributed by atoms with Crippen LogP contribution in [-0.4, -0.2) is 30.9 Å². The molecule has 0 aromatic heterocycles. The fourth-order valence-corrected chi connectivity index (χ4v) is 2.59. The van der Waals surface area contributed by atoms with Crippen molar-refractivity contribution in [2.24, 2.45) is 0 Å². The van der Waals surface area contributed by atoms with Gasteiger partial charge in [-0.2, -0.15) is 0 Å². The second kappa shape index (κ2) is 10.9. The molecule has 6 nitrogen and oxygen atoms in total. The maximum Gasteiger partial charge on any atom is 0.338 e. The Bertz CT molecular complexity index is 816. The van der Waals surface area contributed by atoms with Gasteiger partial charge in [0.15, 0.2) is 0 Å². The molecule has 0 radical (unpaired) electrons. The van der Waals surface area contributed by atoms with Crippen LogP contribution < -0.4 is 10.6 Å². The first kappa shape index (κ1) is 21.2. The summed E-state index contributed by atoms with van der Waals surface area (Å²) >= 11 is 0. The van der Waals surface area contributed by atoms with Crippen LogP contribution in [-0.2, 0) is 4.74 Å². The van der Waals surface area contributed by atoms with E-state index in [9.17, 15) is 14.4 Å². The van der Waals surface area contributed by atoms with Crippen molar-refractivity contribution >= 4 is 23.5 Å². The molecule has 28 heavy (non-hydrogen) atoms. The third kappa shape index (κ3) is 6.23. The smallest absolute Gasteiger partial charge is 0.338 e. The molecule has 148 valence electrons. The van der Waals surface area contributed by atoms with Crippen LogP contribution >= 0.6 is 0 Å². The van der Waals surface area contributed by atoms with E-state index in [1.807, 2.05) is 0 Å². The first-order chi connectivity index (χ1) is 13.5. The van der Waals surface area contributed by atoms with Gasteiger partial charge in [0, 0.05) is 23.4 Å². The first-order valence-electron chi connectivity index (χ1n) is 9.52. The molecular weight excluding hydrogens is 356 g/mol. The molecule has 0 saturated heterocycles. The molecule has 0 atom stereocenters. The number of esters is 1. The topological polar surface area (TPSA) is 84.5 Å². The molecule has 2 aromatic carbocycles. The van der Waals surface area contributed by atoms with Gasteiger partial charge < -0.3 is 15.4 Å². The number of carbonyl (C=O) groups is 3. The van der Waals surface area contributed by atoms with E-state index in [1.165, 1.54) is 0 Å². The van der Waals surface area contributed by atoms with Crippen LogP contribution in [0.25, 0.3) is 0 Å². The van der Waals surface area contributed by atoms with E-state index in [2.05, 4.69) is 17.6 Å². The molecular formula is C22H26N2O4. The molecule has 2 aromatic rings. The summed E-state index contributed by atoms with van der Waals surface area (Å²) < 4.78 is 4.93. The van der Waals surface area contributed by atoms with Gasteiger partial charge in [0.2, 0.25) is 0 Å². The number of ether oxygens (including phenoxy) is 1. The number of amides is 2. The molecule has 0 saturated carbocycles. The Kier molecular flexibility index (Phi) is 8.21. The Morgan fingerprint density at radius 3 is 2.18 bits per heavy atom. The third-order valence-electron chi connectivity index (χ3n) is 4.11. The highest BCUT2D eigenvalue weighted by atomic mass is 16.5. The van der Waals surface area contributed by atoms with Crippen molar-refractivity contribution in [2.45, 2.75) is 33.1 Å². The maximum atomic E-state index is 12.5. The van der Waals surface area contributed by atoms with E-state index in [0.717, 1.165) is 19.3 Å². The SMILES string of the molecule is CCCCCNC(=O)c1cccc(C(=O)Nc2ccc(C(=O)OCC)cc2)c1. The standard InChI is InChI=1S/C22H26N2O4/c1-3-5-6-14-23-20(25)17-8-7-9-18(15-17)21(26)24-19-12-10-16(11-13-19)22(27)28-4-2/h7-13,15H,3-6,14H2,1-2H3,(H,23,25)(H,24,26). The molecule has 0 heterocycles. The van der Waals surface area contributed by atoms with E-state index in [1.54, 1.807) is 55.5 Å². The summed E-state index contributed by atoms with van der Waals surface area (Å²) in [4.78, 5) is 36.3. The molecule has 0 aliphatic heterocycles. The second-order valence-corrected chi connectivity index (χ2v) is 6.30. The van der Waals surface area contributed by atoms with Crippen molar-refractivity contribution in [3.63, 3.8) is 0 Å². The number of nitrogens with one attached hydrogen (secondary N) is 2. The van der Waals surface area contributed by atoms with Crippen LogP contribution in [0.15, 0.2) is 48.5 Å². The maximum absolute atomic E-state index is 12.5. The summed E-state index contributed by atoms with van der Waals surface area (Å²) in [5.41, 5.74) is 1.80. The van der Waals surface area contributed by atoms with E-state index in [4.69, 9.17) is 4.74 Å². The van der Waals surface area contributed by atoms with Crippen LogP contribution in [0, 0.1) is 0 Å². The van der Waals surface area contributed by atoms with Crippen molar-refractivity contribution in [1.82, 2.24) is 5.32 Å². The van der Waals surface area contributed by atoms with Gasteiger partial charge in [-0.3, -0.25) is 9.59 Å². The normalized spacial score (nSPS) is 10.2. The summed E-state index contributed by atoms with van der Waals surface area (Å²) in [6, 6.07) is 13.0. The van der Waals surface area contributed by atoms with Gasteiger partial charge in [0.1, 0.15) is 0 Å². The summed E-state index contributed by atoms with van der Waals surface area (Å²) in [6.45, 7) is 4.77. The zero-order valence-electron chi connectivity index (χ0n) is 16.3. The quantitative estimate of drug-likeness (QED) is 0.506. The lowest BCUT2D eigenvalue weighted by Gasteiger charge is -2.09. The highest BCUT2D eigenvalue weighted by Gasteiger charge is 2.11. The third-order valence-corrected chi connectivity index (χ3v) is 4.11. The van der Waals surface area contributed by atoms with Crippen LogP contribution in [0.1, 0.15) is 64.2 Å². The fourth-order valence-electron chi connectivity index (χ4n) is 2.59. The number of unbranched alkanes of at least 4 members (excludes halogenated alkanes) is 2. The summed E-state index contributed by atoms with van der Waals surface area (Å²) in [5.74, 6) is -0.924. The summed E-state index contributed by atoms with van der Waals surface area (Å²) in [5, 5.41) is 5.62. The summed E-state index contributed by atoms with van der Waals surface area (Å²) in [7, 11) is 0. The molecule has 0 unspecified atom stereocenters. The van der Waals surface area contributed by atoms with Gasteiger partial charge in [0.25, 0.3) is 11.8 Å². The Morgan fingerprint density at radius 2 is 1.54 bits per heavy atom. The molecule has 0 fully saturated rings. The van der Waals surface area contributed by atoms with E-state index >= 15 is 0 Å². The predicted molar refractivity (Wildman–Crippen MR) is 109 cm³/mol. The zero-order chi connectivity index (χ0) is 20.4. The number of hydrogen-bond acceptors (Lipinski definition) is 4. The Morgan fingerprint density at radius 1 is 0.857 bits per heavy atom. The molecule has 0 aliphatic carbocycles. The average molecular weight is 382 g/mol. The molecule has 2 N–H and O–H groups in total. The van der Waals surface area contributed by atoms with Crippen molar-refractivity contribution in [2.75, 3.05) is 18.5 Å². The minimum Gasteiger partial charge on any atom is -0.462 e. The van der Waals surface area contributed by atoms with Gasteiger partial charge in [0.05, 0.1) is 12.2 Å². The van der Waals surface area contributed by atoms with Crippen molar-refractivity contribution in [3.8, 4) is 0 Å². The van der Waals surface area contributed by atoms with Crippen molar-refractivity contribution in [1.29, 1.82) is 0 Å². The van der Waals surface area contributed by atoms with Crippen LogP contribution in [0.4, 0.5) is 5.69 Å². The number of anilines is 1. The molecule has 2 rings (SSSR count). The fraction of sp³-hybridized carbons (Fsp3) is 0.318. The lowest BCUT2D eigenvalue weighted by Crippen LogP contribution is -2.24. The molecule has 2 amide bonds. The monoisotopic (exact) mass is 382 g/mol. The average Bonchev–Trinajstić information content (AvgIpc) is 2.72. The lowest BCUT2D eigenvalue weighted by atomic mass is 10.1. The zero-order valence-corrected chi connectivity index (χ0v) is 16.3. The minimum absolute atomic E-state index is 0.190.